The lowest BCUT2D eigenvalue weighted by molar-refractivity contribution is 0.0178. The van der Waals surface area contributed by atoms with Gasteiger partial charge in [0.25, 0.3) is 5.91 Å². The highest BCUT2D eigenvalue weighted by Gasteiger charge is 2.26. The van der Waals surface area contributed by atoms with Gasteiger partial charge in [-0.2, -0.15) is 0 Å². The molecule has 0 saturated carbocycles. The number of aryl methyl sites for hydroxylation is 1. The fraction of sp³-hybridized carbons (Fsp3) is 0.562. The summed E-state index contributed by atoms with van der Waals surface area (Å²) in [5.74, 6) is 0.0773. The molecule has 1 N–H and O–H groups in total. The van der Waals surface area contributed by atoms with Crippen LogP contribution in [-0.4, -0.2) is 59.1 Å². The number of carbonyl (C=O) groups excluding carboxylic acids is 1. The second-order valence-corrected chi connectivity index (χ2v) is 7.22. The first-order valence-corrected chi connectivity index (χ1v) is 8.06. The molecule has 0 aliphatic carbocycles. The van der Waals surface area contributed by atoms with Gasteiger partial charge >= 0.3 is 0 Å². The molecule has 1 fully saturated rings. The van der Waals surface area contributed by atoms with Crippen LogP contribution in [0.15, 0.2) is 22.7 Å². The van der Waals surface area contributed by atoms with E-state index in [9.17, 15) is 9.90 Å². The van der Waals surface area contributed by atoms with Crippen LogP contribution in [0.2, 0.25) is 0 Å². The van der Waals surface area contributed by atoms with Gasteiger partial charge in [0.1, 0.15) is 0 Å². The molecule has 0 atom stereocenters. The van der Waals surface area contributed by atoms with Gasteiger partial charge in [0.05, 0.1) is 11.2 Å². The Morgan fingerprint density at radius 1 is 1.29 bits per heavy atom. The Bertz CT molecular complexity index is 517. The molecule has 4 nitrogen and oxygen atoms in total. The van der Waals surface area contributed by atoms with Gasteiger partial charge in [-0.05, 0) is 48.8 Å². The van der Waals surface area contributed by atoms with Gasteiger partial charge in [-0.15, -0.1) is 0 Å². The molecule has 21 heavy (non-hydrogen) atoms. The number of hydrogen-bond acceptors (Lipinski definition) is 3. The Labute approximate surface area is 134 Å². The summed E-state index contributed by atoms with van der Waals surface area (Å²) in [5, 5.41) is 9.86. The molecule has 0 bridgehead atoms. The number of benzene rings is 1. The highest BCUT2D eigenvalue weighted by molar-refractivity contribution is 9.10. The summed E-state index contributed by atoms with van der Waals surface area (Å²) in [7, 11) is 0. The predicted octanol–water partition coefficient (Wildman–Crippen LogP) is 2.29. The van der Waals surface area contributed by atoms with E-state index in [1.54, 1.807) is 0 Å². The third-order valence-corrected chi connectivity index (χ3v) is 4.31. The Morgan fingerprint density at radius 3 is 2.48 bits per heavy atom. The largest absolute Gasteiger partial charge is 0.389 e. The van der Waals surface area contributed by atoms with Crippen molar-refractivity contribution < 1.29 is 9.90 Å². The van der Waals surface area contributed by atoms with Crippen molar-refractivity contribution in [1.82, 2.24) is 9.80 Å². The maximum absolute atomic E-state index is 12.6. The van der Waals surface area contributed by atoms with Crippen molar-refractivity contribution in [2.45, 2.75) is 26.4 Å². The molecule has 1 saturated heterocycles. The van der Waals surface area contributed by atoms with E-state index in [4.69, 9.17) is 0 Å². The van der Waals surface area contributed by atoms with Crippen molar-refractivity contribution in [3.05, 3.63) is 33.8 Å². The van der Waals surface area contributed by atoms with Crippen LogP contribution >= 0.6 is 15.9 Å². The van der Waals surface area contributed by atoms with Crippen LogP contribution < -0.4 is 0 Å². The first-order chi connectivity index (χ1) is 9.76. The van der Waals surface area contributed by atoms with Gasteiger partial charge in [-0.3, -0.25) is 9.69 Å². The van der Waals surface area contributed by atoms with E-state index in [-0.39, 0.29) is 5.91 Å². The van der Waals surface area contributed by atoms with Crippen LogP contribution in [0.3, 0.4) is 0 Å². The molecule has 1 heterocycles. The molecule has 1 aromatic rings. The van der Waals surface area contributed by atoms with E-state index in [0.717, 1.165) is 28.7 Å². The average Bonchev–Trinajstić information content (AvgIpc) is 2.40. The Balaban J connectivity index is 1.99. The minimum absolute atomic E-state index is 0.0773. The molecule has 1 aromatic carbocycles. The van der Waals surface area contributed by atoms with Gasteiger partial charge in [0, 0.05) is 37.2 Å². The highest BCUT2D eigenvalue weighted by Crippen LogP contribution is 2.21. The predicted molar refractivity (Wildman–Crippen MR) is 87.5 cm³/mol. The van der Waals surface area contributed by atoms with Gasteiger partial charge in [0.15, 0.2) is 0 Å². The van der Waals surface area contributed by atoms with Crippen molar-refractivity contribution in [2.75, 3.05) is 32.7 Å². The SMILES string of the molecule is Cc1ccc(Br)c(C(=O)N2CCN(CC(C)(C)O)CC2)c1. The summed E-state index contributed by atoms with van der Waals surface area (Å²) >= 11 is 3.46. The van der Waals surface area contributed by atoms with Crippen molar-refractivity contribution >= 4 is 21.8 Å². The molecule has 1 aliphatic rings. The summed E-state index contributed by atoms with van der Waals surface area (Å²) in [5.41, 5.74) is 1.12. The Morgan fingerprint density at radius 2 is 1.90 bits per heavy atom. The molecule has 116 valence electrons. The quantitative estimate of drug-likeness (QED) is 0.905. The van der Waals surface area contributed by atoms with Crippen LogP contribution in [0.4, 0.5) is 0 Å². The van der Waals surface area contributed by atoms with Crippen LogP contribution in [0, 0.1) is 6.92 Å². The number of amides is 1. The molecule has 1 amide bonds. The number of halogens is 1. The van der Waals surface area contributed by atoms with Gasteiger partial charge < -0.3 is 10.0 Å². The van der Waals surface area contributed by atoms with Gasteiger partial charge in [-0.1, -0.05) is 11.6 Å². The van der Waals surface area contributed by atoms with Gasteiger partial charge in [-0.25, -0.2) is 0 Å². The van der Waals surface area contributed by atoms with Crippen LogP contribution in [0.1, 0.15) is 29.8 Å². The van der Waals surface area contributed by atoms with E-state index in [0.29, 0.717) is 19.6 Å². The van der Waals surface area contributed by atoms with E-state index in [2.05, 4.69) is 20.8 Å². The number of β-amino-alcohol motifs (C(OH)–C–C–N with tert-alkyl or cyclic N) is 1. The Kier molecular flexibility index (Phi) is 5.07. The third kappa shape index (κ3) is 4.53. The number of nitrogens with zero attached hydrogens (tertiary/aromatic N) is 2. The standard InChI is InChI=1S/C16H23BrN2O2/c1-12-4-5-14(17)13(10-12)15(20)19-8-6-18(7-9-19)11-16(2,3)21/h4-5,10,21H,6-9,11H2,1-3H3. The molecule has 2 rings (SSSR count). The summed E-state index contributed by atoms with van der Waals surface area (Å²) in [4.78, 5) is 16.7. The van der Waals surface area contributed by atoms with Crippen LogP contribution in [0.25, 0.3) is 0 Å². The summed E-state index contributed by atoms with van der Waals surface area (Å²) in [6.07, 6.45) is 0. The average molecular weight is 355 g/mol. The maximum Gasteiger partial charge on any atom is 0.255 e. The first kappa shape index (κ1) is 16.5. The van der Waals surface area contributed by atoms with E-state index in [1.165, 1.54) is 0 Å². The van der Waals surface area contributed by atoms with Crippen molar-refractivity contribution in [1.29, 1.82) is 0 Å². The summed E-state index contributed by atoms with van der Waals surface area (Å²) in [6, 6.07) is 5.84. The van der Waals surface area contributed by atoms with E-state index >= 15 is 0 Å². The van der Waals surface area contributed by atoms with Crippen molar-refractivity contribution in [3.8, 4) is 0 Å². The number of carbonyl (C=O) groups is 1. The zero-order valence-corrected chi connectivity index (χ0v) is 14.5. The molecule has 0 spiro atoms. The number of aliphatic hydroxyl groups is 1. The Hall–Kier alpha value is -0.910. The van der Waals surface area contributed by atoms with E-state index in [1.807, 2.05) is 43.9 Å². The second kappa shape index (κ2) is 6.46. The van der Waals surface area contributed by atoms with Crippen LogP contribution in [-0.2, 0) is 0 Å². The zero-order chi connectivity index (χ0) is 15.6. The molecule has 0 aromatic heterocycles. The molecular weight excluding hydrogens is 332 g/mol. The zero-order valence-electron chi connectivity index (χ0n) is 12.9. The second-order valence-electron chi connectivity index (χ2n) is 6.36. The minimum atomic E-state index is -0.689. The summed E-state index contributed by atoms with van der Waals surface area (Å²) < 4.78 is 0.844. The van der Waals surface area contributed by atoms with Gasteiger partial charge in [0.2, 0.25) is 0 Å². The lowest BCUT2D eigenvalue weighted by Crippen LogP contribution is -2.52. The number of rotatable bonds is 3. The number of piperazine rings is 1. The molecule has 0 unspecified atom stereocenters. The molecular formula is C16H23BrN2O2. The van der Waals surface area contributed by atoms with Crippen molar-refractivity contribution in [3.63, 3.8) is 0 Å². The lowest BCUT2D eigenvalue weighted by Gasteiger charge is -2.37. The normalized spacial score (nSPS) is 17.1. The van der Waals surface area contributed by atoms with E-state index < -0.39 is 5.60 Å². The molecule has 0 radical (unpaired) electrons. The van der Waals surface area contributed by atoms with Crippen LogP contribution in [0.5, 0.6) is 0 Å². The molecule has 5 heteroatoms. The number of hydrogen-bond donors (Lipinski definition) is 1. The van der Waals surface area contributed by atoms with Crippen molar-refractivity contribution in [2.24, 2.45) is 0 Å². The maximum atomic E-state index is 12.6. The first-order valence-electron chi connectivity index (χ1n) is 7.26. The lowest BCUT2D eigenvalue weighted by atomic mass is 10.1. The topological polar surface area (TPSA) is 43.8 Å². The fourth-order valence-corrected chi connectivity index (χ4v) is 3.05. The molecule has 1 aliphatic heterocycles. The smallest absolute Gasteiger partial charge is 0.255 e. The third-order valence-electron chi connectivity index (χ3n) is 3.62. The fourth-order valence-electron chi connectivity index (χ4n) is 2.63. The highest BCUT2D eigenvalue weighted by atomic mass is 79.9. The minimum Gasteiger partial charge on any atom is -0.389 e. The monoisotopic (exact) mass is 354 g/mol. The summed E-state index contributed by atoms with van der Waals surface area (Å²) in [6.45, 7) is 9.28.